The third-order valence-electron chi connectivity index (χ3n) is 3.43. The summed E-state index contributed by atoms with van der Waals surface area (Å²) in [6.07, 6.45) is 2.01. The van der Waals surface area contributed by atoms with E-state index in [0.717, 1.165) is 12.8 Å². The van der Waals surface area contributed by atoms with Crippen LogP contribution in [0, 0.1) is 5.92 Å². The monoisotopic (exact) mass is 312 g/mol. The molecule has 0 aromatic heterocycles. The molecular weight excluding hydrogens is 292 g/mol. The number of ether oxygens (including phenoxy) is 1. The SMILES string of the molecule is CCOC(=O)c1ccc(S(=O)(=O)NC(CN)C2CC2)cc1. The summed E-state index contributed by atoms with van der Waals surface area (Å²) in [5.74, 6) is -0.129. The summed E-state index contributed by atoms with van der Waals surface area (Å²) in [5.41, 5.74) is 5.94. The highest BCUT2D eigenvalue weighted by atomic mass is 32.2. The number of nitrogens with two attached hydrogens (primary N) is 1. The Morgan fingerprint density at radius 3 is 2.48 bits per heavy atom. The van der Waals surface area contributed by atoms with Gasteiger partial charge in [-0.2, -0.15) is 0 Å². The van der Waals surface area contributed by atoms with Crippen molar-refractivity contribution < 1.29 is 17.9 Å². The quantitative estimate of drug-likeness (QED) is 0.728. The van der Waals surface area contributed by atoms with Gasteiger partial charge in [0.25, 0.3) is 0 Å². The van der Waals surface area contributed by atoms with Gasteiger partial charge in [-0.1, -0.05) is 0 Å². The van der Waals surface area contributed by atoms with E-state index in [2.05, 4.69) is 4.72 Å². The van der Waals surface area contributed by atoms with Crippen LogP contribution in [0.3, 0.4) is 0 Å². The van der Waals surface area contributed by atoms with Crippen molar-refractivity contribution in [1.29, 1.82) is 0 Å². The van der Waals surface area contributed by atoms with Crippen LogP contribution in [0.2, 0.25) is 0 Å². The maximum Gasteiger partial charge on any atom is 0.338 e. The standard InChI is InChI=1S/C14H20N2O4S/c1-2-20-14(17)11-5-7-12(8-6-11)21(18,19)16-13(9-15)10-3-4-10/h5-8,10,13,16H,2-4,9,15H2,1H3. The van der Waals surface area contributed by atoms with E-state index in [0.29, 0.717) is 11.5 Å². The Labute approximate surface area is 124 Å². The van der Waals surface area contributed by atoms with E-state index in [1.165, 1.54) is 24.3 Å². The van der Waals surface area contributed by atoms with Crippen LogP contribution in [0.15, 0.2) is 29.2 Å². The Morgan fingerprint density at radius 2 is 2.00 bits per heavy atom. The number of rotatable bonds is 7. The van der Waals surface area contributed by atoms with Crippen LogP contribution in [0.1, 0.15) is 30.1 Å². The summed E-state index contributed by atoms with van der Waals surface area (Å²) in [4.78, 5) is 11.6. The lowest BCUT2D eigenvalue weighted by Crippen LogP contribution is -2.41. The Morgan fingerprint density at radius 1 is 1.38 bits per heavy atom. The van der Waals surface area contributed by atoms with Crippen LogP contribution in [-0.4, -0.2) is 33.6 Å². The number of carbonyl (C=O) groups is 1. The fourth-order valence-electron chi connectivity index (χ4n) is 2.09. The number of hydrogen-bond acceptors (Lipinski definition) is 5. The molecule has 0 amide bonds. The maximum absolute atomic E-state index is 12.3. The van der Waals surface area contributed by atoms with Crippen LogP contribution in [0.4, 0.5) is 0 Å². The Kier molecular flexibility index (Phi) is 4.97. The van der Waals surface area contributed by atoms with E-state index in [1.807, 2.05) is 0 Å². The molecule has 1 unspecified atom stereocenters. The van der Waals surface area contributed by atoms with Crippen molar-refractivity contribution in [2.75, 3.05) is 13.2 Å². The third-order valence-corrected chi connectivity index (χ3v) is 4.93. The molecule has 1 fully saturated rings. The summed E-state index contributed by atoms with van der Waals surface area (Å²) in [6.45, 7) is 2.27. The molecule has 0 spiro atoms. The molecule has 1 aromatic carbocycles. The van der Waals surface area contributed by atoms with E-state index < -0.39 is 16.0 Å². The van der Waals surface area contributed by atoms with Crippen LogP contribution in [0.25, 0.3) is 0 Å². The molecule has 116 valence electrons. The highest BCUT2D eigenvalue weighted by molar-refractivity contribution is 7.89. The van der Waals surface area contributed by atoms with Gasteiger partial charge >= 0.3 is 5.97 Å². The average Bonchev–Trinajstić information content (AvgIpc) is 3.30. The largest absolute Gasteiger partial charge is 0.462 e. The minimum atomic E-state index is -3.61. The summed E-state index contributed by atoms with van der Waals surface area (Å²) < 4.78 is 32.0. The lowest BCUT2D eigenvalue weighted by Gasteiger charge is -2.16. The van der Waals surface area contributed by atoms with Crippen LogP contribution in [0.5, 0.6) is 0 Å². The first-order valence-electron chi connectivity index (χ1n) is 6.97. The molecule has 1 aliphatic carbocycles. The van der Waals surface area contributed by atoms with Gasteiger partial charge in [-0.3, -0.25) is 0 Å². The normalized spacial score (nSPS) is 16.5. The fraction of sp³-hybridized carbons (Fsp3) is 0.500. The van der Waals surface area contributed by atoms with Gasteiger partial charge in [0.05, 0.1) is 17.1 Å². The summed E-state index contributed by atoms with van der Waals surface area (Å²) in [6, 6.07) is 5.46. The molecule has 21 heavy (non-hydrogen) atoms. The molecule has 3 N–H and O–H groups in total. The molecule has 2 rings (SSSR count). The molecule has 1 atom stereocenters. The highest BCUT2D eigenvalue weighted by Crippen LogP contribution is 2.32. The van der Waals surface area contributed by atoms with E-state index in [-0.39, 0.29) is 24.1 Å². The Hall–Kier alpha value is -1.44. The zero-order valence-electron chi connectivity index (χ0n) is 11.9. The number of esters is 1. The minimum Gasteiger partial charge on any atom is -0.462 e. The Bertz CT molecular complexity index is 594. The molecule has 7 heteroatoms. The molecule has 1 aromatic rings. The molecule has 0 heterocycles. The smallest absolute Gasteiger partial charge is 0.338 e. The van der Waals surface area contributed by atoms with Crippen molar-refractivity contribution in [2.45, 2.75) is 30.7 Å². The van der Waals surface area contributed by atoms with Gasteiger partial charge in [-0.25, -0.2) is 17.9 Å². The second kappa shape index (κ2) is 6.55. The zero-order chi connectivity index (χ0) is 15.5. The van der Waals surface area contributed by atoms with E-state index in [4.69, 9.17) is 10.5 Å². The van der Waals surface area contributed by atoms with Gasteiger partial charge in [0, 0.05) is 12.6 Å². The van der Waals surface area contributed by atoms with Crippen molar-refractivity contribution in [1.82, 2.24) is 4.72 Å². The molecule has 0 radical (unpaired) electrons. The Balaban J connectivity index is 2.11. The molecule has 0 bridgehead atoms. The highest BCUT2D eigenvalue weighted by Gasteiger charge is 2.33. The number of benzene rings is 1. The first-order valence-corrected chi connectivity index (χ1v) is 8.46. The molecule has 1 saturated carbocycles. The number of hydrogen-bond donors (Lipinski definition) is 2. The van der Waals surface area contributed by atoms with Crippen LogP contribution < -0.4 is 10.5 Å². The van der Waals surface area contributed by atoms with Gasteiger partial charge in [0.2, 0.25) is 10.0 Å². The number of carbonyl (C=O) groups excluding carboxylic acids is 1. The lowest BCUT2D eigenvalue weighted by atomic mass is 10.2. The lowest BCUT2D eigenvalue weighted by molar-refractivity contribution is 0.0526. The predicted molar refractivity (Wildman–Crippen MR) is 78.3 cm³/mol. The second-order valence-corrected chi connectivity index (χ2v) is 6.76. The van der Waals surface area contributed by atoms with Crippen LogP contribution in [-0.2, 0) is 14.8 Å². The van der Waals surface area contributed by atoms with Crippen molar-refractivity contribution in [3.05, 3.63) is 29.8 Å². The molecule has 0 saturated heterocycles. The molecule has 0 aliphatic heterocycles. The summed E-state index contributed by atoms with van der Waals surface area (Å²) in [5, 5.41) is 0. The van der Waals surface area contributed by atoms with E-state index in [1.54, 1.807) is 6.92 Å². The predicted octanol–water partition coefficient (Wildman–Crippen LogP) is 0.879. The van der Waals surface area contributed by atoms with Crippen LogP contribution >= 0.6 is 0 Å². The fourth-order valence-corrected chi connectivity index (χ4v) is 3.41. The molecule has 1 aliphatic rings. The van der Waals surface area contributed by atoms with Crippen molar-refractivity contribution in [3.8, 4) is 0 Å². The van der Waals surface area contributed by atoms with Gasteiger partial charge in [-0.05, 0) is 49.9 Å². The summed E-state index contributed by atoms with van der Waals surface area (Å²) >= 11 is 0. The van der Waals surface area contributed by atoms with Gasteiger partial charge < -0.3 is 10.5 Å². The average molecular weight is 312 g/mol. The first kappa shape index (κ1) is 15.9. The minimum absolute atomic E-state index is 0.120. The summed E-state index contributed by atoms with van der Waals surface area (Å²) in [7, 11) is -3.61. The molecular formula is C14H20N2O4S. The van der Waals surface area contributed by atoms with Crippen molar-refractivity contribution in [2.24, 2.45) is 11.7 Å². The van der Waals surface area contributed by atoms with Gasteiger partial charge in [0.1, 0.15) is 0 Å². The van der Waals surface area contributed by atoms with E-state index >= 15 is 0 Å². The third kappa shape index (κ3) is 4.03. The van der Waals surface area contributed by atoms with Gasteiger partial charge in [-0.15, -0.1) is 0 Å². The van der Waals surface area contributed by atoms with Gasteiger partial charge in [0.15, 0.2) is 0 Å². The zero-order valence-corrected chi connectivity index (χ0v) is 12.7. The van der Waals surface area contributed by atoms with E-state index in [9.17, 15) is 13.2 Å². The number of sulfonamides is 1. The number of nitrogens with one attached hydrogen (secondary N) is 1. The van der Waals surface area contributed by atoms with Crippen molar-refractivity contribution >= 4 is 16.0 Å². The second-order valence-electron chi connectivity index (χ2n) is 5.05. The topological polar surface area (TPSA) is 98.5 Å². The molecule has 6 nitrogen and oxygen atoms in total. The maximum atomic E-state index is 12.3. The van der Waals surface area contributed by atoms with Crippen molar-refractivity contribution in [3.63, 3.8) is 0 Å². The first-order chi connectivity index (χ1) is 9.97.